The molecule has 0 atom stereocenters. The van der Waals surface area contributed by atoms with Crippen molar-refractivity contribution in [2.75, 3.05) is 25.5 Å². The van der Waals surface area contributed by atoms with Crippen molar-refractivity contribution in [1.82, 2.24) is 4.31 Å². The van der Waals surface area contributed by atoms with Crippen molar-refractivity contribution < 1.29 is 17.9 Å². The Morgan fingerprint density at radius 2 is 1.75 bits per heavy atom. The molecule has 0 radical (unpaired) electrons. The molecular weight excluding hydrogens is 424 g/mol. The molecule has 3 aromatic rings. The largest absolute Gasteiger partial charge is 0.495 e. The van der Waals surface area contributed by atoms with E-state index in [-0.39, 0.29) is 10.8 Å². The molecule has 1 fully saturated rings. The quantitative estimate of drug-likeness (QED) is 0.554. The molecule has 3 aromatic carbocycles. The normalized spacial score (nSPS) is 15.2. The summed E-state index contributed by atoms with van der Waals surface area (Å²) in [4.78, 5) is 12.7. The Morgan fingerprint density at radius 3 is 2.53 bits per heavy atom. The average molecular weight is 451 g/mol. The minimum Gasteiger partial charge on any atom is -0.495 e. The number of rotatable bonds is 6. The first-order valence-corrected chi connectivity index (χ1v) is 12.1. The SMILES string of the molecule is COc1ccc(/C=C/C(=O)Nc2cccc3ccccc23)cc1S(=O)(=O)N1CCCCC1. The third kappa shape index (κ3) is 4.69. The van der Waals surface area contributed by atoms with Gasteiger partial charge in [0.1, 0.15) is 10.6 Å². The summed E-state index contributed by atoms with van der Waals surface area (Å²) in [5, 5.41) is 4.89. The fourth-order valence-corrected chi connectivity index (χ4v) is 5.63. The third-order valence-electron chi connectivity index (χ3n) is 5.60. The van der Waals surface area contributed by atoms with E-state index in [1.54, 1.807) is 24.3 Å². The van der Waals surface area contributed by atoms with E-state index in [9.17, 15) is 13.2 Å². The molecule has 0 saturated carbocycles. The van der Waals surface area contributed by atoms with Gasteiger partial charge in [-0.15, -0.1) is 0 Å². The van der Waals surface area contributed by atoms with Gasteiger partial charge in [-0.1, -0.05) is 48.9 Å². The highest BCUT2D eigenvalue weighted by Gasteiger charge is 2.29. The van der Waals surface area contributed by atoms with Gasteiger partial charge in [0.15, 0.2) is 0 Å². The Balaban J connectivity index is 1.56. The van der Waals surface area contributed by atoms with E-state index in [1.807, 2.05) is 42.5 Å². The highest BCUT2D eigenvalue weighted by atomic mass is 32.2. The Hall–Kier alpha value is -3.16. The number of hydrogen-bond acceptors (Lipinski definition) is 4. The van der Waals surface area contributed by atoms with Gasteiger partial charge >= 0.3 is 0 Å². The molecule has 1 N–H and O–H groups in total. The molecule has 0 bridgehead atoms. The van der Waals surface area contributed by atoms with E-state index < -0.39 is 10.0 Å². The predicted octanol–water partition coefficient (Wildman–Crippen LogP) is 4.67. The molecule has 1 aliphatic heterocycles. The first-order chi connectivity index (χ1) is 15.5. The number of benzene rings is 3. The molecule has 0 aliphatic carbocycles. The van der Waals surface area contributed by atoms with Gasteiger partial charge in [0.2, 0.25) is 15.9 Å². The Kier molecular flexibility index (Phi) is 6.58. The lowest BCUT2D eigenvalue weighted by Gasteiger charge is -2.26. The number of piperidine rings is 1. The zero-order chi connectivity index (χ0) is 22.6. The van der Waals surface area contributed by atoms with E-state index in [0.717, 1.165) is 35.7 Å². The van der Waals surface area contributed by atoms with Gasteiger partial charge in [-0.05, 0) is 48.1 Å². The lowest BCUT2D eigenvalue weighted by Crippen LogP contribution is -2.35. The number of anilines is 1. The van der Waals surface area contributed by atoms with Crippen LogP contribution in [-0.4, -0.2) is 38.8 Å². The van der Waals surface area contributed by atoms with Crippen molar-refractivity contribution in [3.63, 3.8) is 0 Å². The number of amides is 1. The van der Waals surface area contributed by atoms with Crippen molar-refractivity contribution in [2.24, 2.45) is 0 Å². The fraction of sp³-hybridized carbons (Fsp3) is 0.240. The summed E-state index contributed by atoms with van der Waals surface area (Å²) in [6, 6.07) is 18.5. The monoisotopic (exact) mass is 450 g/mol. The number of carbonyl (C=O) groups is 1. The molecule has 4 rings (SSSR count). The summed E-state index contributed by atoms with van der Waals surface area (Å²) >= 11 is 0. The van der Waals surface area contributed by atoms with Crippen LogP contribution in [0.15, 0.2) is 71.6 Å². The summed E-state index contributed by atoms with van der Waals surface area (Å²) in [6.45, 7) is 1.03. The maximum Gasteiger partial charge on any atom is 0.248 e. The van der Waals surface area contributed by atoms with Gasteiger partial charge in [0.25, 0.3) is 0 Å². The van der Waals surface area contributed by atoms with Crippen molar-refractivity contribution in [3.05, 3.63) is 72.3 Å². The van der Waals surface area contributed by atoms with Crippen molar-refractivity contribution in [1.29, 1.82) is 0 Å². The van der Waals surface area contributed by atoms with E-state index in [0.29, 0.717) is 24.4 Å². The van der Waals surface area contributed by atoms with Gasteiger partial charge in [0, 0.05) is 30.2 Å². The van der Waals surface area contributed by atoms with Gasteiger partial charge in [-0.2, -0.15) is 4.31 Å². The number of carbonyl (C=O) groups excluding carboxylic acids is 1. The van der Waals surface area contributed by atoms with Gasteiger partial charge in [0.05, 0.1) is 7.11 Å². The van der Waals surface area contributed by atoms with Crippen LogP contribution in [0.2, 0.25) is 0 Å². The minimum absolute atomic E-state index is 0.124. The number of methoxy groups -OCH3 is 1. The molecule has 1 amide bonds. The zero-order valence-corrected chi connectivity index (χ0v) is 18.8. The minimum atomic E-state index is -3.66. The van der Waals surface area contributed by atoms with E-state index >= 15 is 0 Å². The first-order valence-electron chi connectivity index (χ1n) is 10.6. The van der Waals surface area contributed by atoms with Crippen LogP contribution >= 0.6 is 0 Å². The van der Waals surface area contributed by atoms with Crippen LogP contribution in [0.25, 0.3) is 16.8 Å². The van der Waals surface area contributed by atoms with Crippen LogP contribution in [-0.2, 0) is 14.8 Å². The van der Waals surface area contributed by atoms with Crippen LogP contribution in [0.3, 0.4) is 0 Å². The van der Waals surface area contributed by atoms with Crippen molar-refractivity contribution in [2.45, 2.75) is 24.2 Å². The van der Waals surface area contributed by atoms with E-state index in [4.69, 9.17) is 4.74 Å². The number of hydrogen-bond donors (Lipinski definition) is 1. The fourth-order valence-electron chi connectivity index (χ4n) is 3.92. The van der Waals surface area contributed by atoms with Crippen LogP contribution < -0.4 is 10.1 Å². The van der Waals surface area contributed by atoms with Gasteiger partial charge in [-0.3, -0.25) is 4.79 Å². The summed E-state index contributed by atoms with van der Waals surface area (Å²) in [6.07, 6.45) is 5.76. The molecular formula is C25H26N2O4S. The molecule has 0 unspecified atom stereocenters. The first kappa shape index (κ1) is 22.0. The lowest BCUT2D eigenvalue weighted by molar-refractivity contribution is -0.111. The Bertz CT molecular complexity index is 1260. The molecule has 7 heteroatoms. The van der Waals surface area contributed by atoms with Crippen LogP contribution in [0.4, 0.5) is 5.69 Å². The smallest absolute Gasteiger partial charge is 0.248 e. The van der Waals surface area contributed by atoms with Crippen molar-refractivity contribution in [3.8, 4) is 5.75 Å². The standard InChI is InChI=1S/C25H26N2O4S/c1-31-23-14-12-19(18-24(23)32(29,30)27-16-5-2-6-17-27)13-15-25(28)26-22-11-7-9-20-8-3-4-10-21(20)22/h3-4,7-15,18H,2,5-6,16-17H2,1H3,(H,26,28)/b15-13+. The topological polar surface area (TPSA) is 75.7 Å². The number of nitrogens with zero attached hydrogens (tertiary/aromatic N) is 1. The van der Waals surface area contributed by atoms with Crippen LogP contribution in [0.1, 0.15) is 24.8 Å². The average Bonchev–Trinajstić information content (AvgIpc) is 2.83. The third-order valence-corrected chi connectivity index (χ3v) is 7.52. The molecule has 1 saturated heterocycles. The predicted molar refractivity (Wildman–Crippen MR) is 127 cm³/mol. The molecule has 32 heavy (non-hydrogen) atoms. The molecule has 1 aliphatic rings. The van der Waals surface area contributed by atoms with E-state index in [2.05, 4.69) is 5.32 Å². The number of ether oxygens (including phenoxy) is 1. The Labute approximate surface area is 188 Å². The number of sulfonamides is 1. The summed E-state index contributed by atoms with van der Waals surface area (Å²) in [7, 11) is -2.21. The summed E-state index contributed by atoms with van der Waals surface area (Å²) in [5.74, 6) is 0.00513. The second kappa shape index (κ2) is 9.54. The molecule has 0 spiro atoms. The molecule has 166 valence electrons. The molecule has 0 aromatic heterocycles. The zero-order valence-electron chi connectivity index (χ0n) is 18.0. The highest BCUT2D eigenvalue weighted by Crippen LogP contribution is 2.30. The van der Waals surface area contributed by atoms with Crippen molar-refractivity contribution >= 4 is 38.5 Å². The van der Waals surface area contributed by atoms with E-state index in [1.165, 1.54) is 17.5 Å². The highest BCUT2D eigenvalue weighted by molar-refractivity contribution is 7.89. The summed E-state index contributed by atoms with van der Waals surface area (Å²) in [5.41, 5.74) is 1.33. The molecule has 1 heterocycles. The maximum atomic E-state index is 13.2. The van der Waals surface area contributed by atoms with Gasteiger partial charge < -0.3 is 10.1 Å². The van der Waals surface area contributed by atoms with Crippen LogP contribution in [0.5, 0.6) is 5.75 Å². The second-order valence-corrected chi connectivity index (χ2v) is 9.63. The van der Waals surface area contributed by atoms with Crippen LogP contribution in [0, 0.1) is 0 Å². The van der Waals surface area contributed by atoms with Gasteiger partial charge in [-0.25, -0.2) is 8.42 Å². The number of fused-ring (bicyclic) bond motifs is 1. The molecule has 6 nitrogen and oxygen atoms in total. The number of nitrogens with one attached hydrogen (secondary N) is 1. The second-order valence-electron chi connectivity index (χ2n) is 7.72. The Morgan fingerprint density at radius 1 is 1.00 bits per heavy atom. The summed E-state index contributed by atoms with van der Waals surface area (Å²) < 4.78 is 33.2. The lowest BCUT2D eigenvalue weighted by atomic mass is 10.1. The maximum absolute atomic E-state index is 13.2.